The van der Waals surface area contributed by atoms with E-state index in [1.165, 1.54) is 0 Å². The van der Waals surface area contributed by atoms with E-state index in [-0.39, 0.29) is 5.91 Å². The Kier molecular flexibility index (Phi) is 6.48. The van der Waals surface area contributed by atoms with Gasteiger partial charge in [-0.2, -0.15) is 0 Å². The van der Waals surface area contributed by atoms with Gasteiger partial charge in [-0.3, -0.25) is 10.6 Å². The van der Waals surface area contributed by atoms with Crippen molar-refractivity contribution in [3.05, 3.63) is 29.3 Å². The van der Waals surface area contributed by atoms with Gasteiger partial charge in [0, 0.05) is 19.6 Å². The monoisotopic (exact) mass is 278 g/mol. The Balaban J connectivity index is 2.93. The van der Waals surface area contributed by atoms with E-state index < -0.39 is 0 Å². The smallest absolute Gasteiger partial charge is 0.256 e. The van der Waals surface area contributed by atoms with Crippen molar-refractivity contribution in [1.82, 2.24) is 9.80 Å². The van der Waals surface area contributed by atoms with Gasteiger partial charge in [0.25, 0.3) is 5.91 Å². The number of nitrogens with two attached hydrogens (primary N) is 1. The highest BCUT2D eigenvalue weighted by Gasteiger charge is 2.18. The van der Waals surface area contributed by atoms with Gasteiger partial charge in [0.2, 0.25) is 0 Å². The second kappa shape index (κ2) is 7.87. The van der Waals surface area contributed by atoms with Gasteiger partial charge in [-0.1, -0.05) is 13.0 Å². The van der Waals surface area contributed by atoms with Crippen LogP contribution in [-0.2, 0) is 0 Å². The maximum absolute atomic E-state index is 12.7. The molecule has 0 aromatic heterocycles. The van der Waals surface area contributed by atoms with E-state index in [1.54, 1.807) is 0 Å². The predicted molar refractivity (Wildman–Crippen MR) is 83.7 cm³/mol. The van der Waals surface area contributed by atoms with Gasteiger partial charge in [-0.05, 0) is 45.1 Å². The number of nitrogens with one attached hydrogen (secondary N) is 1. The van der Waals surface area contributed by atoms with E-state index in [0.717, 1.165) is 31.6 Å². The Labute approximate surface area is 121 Å². The topological polar surface area (TPSA) is 61.6 Å². The number of nitrogens with zero attached hydrogens (tertiary/aromatic N) is 2. The van der Waals surface area contributed by atoms with Crippen LogP contribution in [0.3, 0.4) is 0 Å². The first-order chi connectivity index (χ1) is 9.49. The molecule has 112 valence electrons. The number of rotatable bonds is 7. The standard InChI is InChI=1S/C15H26N4O/c1-5-8-19(10-9-18(3)4)15(20)13-7-6-12(2)11-14(13)17-16/h6-7,11,17H,5,8-10,16H2,1-4H3. The van der Waals surface area contributed by atoms with Crippen LogP contribution in [0.4, 0.5) is 5.69 Å². The fourth-order valence-corrected chi connectivity index (χ4v) is 2.04. The molecule has 5 heteroatoms. The maximum atomic E-state index is 12.7. The number of hydrogen-bond acceptors (Lipinski definition) is 4. The lowest BCUT2D eigenvalue weighted by molar-refractivity contribution is 0.0746. The van der Waals surface area contributed by atoms with Crippen molar-refractivity contribution in [2.45, 2.75) is 20.3 Å². The summed E-state index contributed by atoms with van der Waals surface area (Å²) in [4.78, 5) is 16.6. The van der Waals surface area contributed by atoms with Gasteiger partial charge in [-0.15, -0.1) is 0 Å². The van der Waals surface area contributed by atoms with E-state index in [0.29, 0.717) is 11.3 Å². The zero-order valence-corrected chi connectivity index (χ0v) is 12.9. The maximum Gasteiger partial charge on any atom is 0.256 e. The highest BCUT2D eigenvalue weighted by Crippen LogP contribution is 2.18. The number of likely N-dealkylation sites (N-methyl/N-ethyl adjacent to an activating group) is 1. The molecule has 1 rings (SSSR count). The number of carbonyl (C=O) groups excluding carboxylic acids is 1. The van der Waals surface area contributed by atoms with Crippen molar-refractivity contribution in [2.24, 2.45) is 5.84 Å². The minimum Gasteiger partial charge on any atom is -0.337 e. The van der Waals surface area contributed by atoms with E-state index in [1.807, 2.05) is 44.1 Å². The molecule has 0 spiro atoms. The van der Waals surface area contributed by atoms with E-state index in [2.05, 4.69) is 17.2 Å². The Hall–Kier alpha value is -1.59. The van der Waals surface area contributed by atoms with Gasteiger partial charge >= 0.3 is 0 Å². The molecular formula is C15H26N4O. The molecule has 1 amide bonds. The molecule has 0 aliphatic rings. The Morgan fingerprint density at radius 3 is 2.50 bits per heavy atom. The van der Waals surface area contributed by atoms with Crippen LogP contribution in [0.2, 0.25) is 0 Å². The first kappa shape index (κ1) is 16.5. The molecule has 0 aliphatic heterocycles. The molecule has 0 radical (unpaired) electrons. The zero-order chi connectivity index (χ0) is 15.1. The minimum absolute atomic E-state index is 0.0293. The van der Waals surface area contributed by atoms with Crippen LogP contribution in [0, 0.1) is 6.92 Å². The number of carbonyl (C=O) groups is 1. The zero-order valence-electron chi connectivity index (χ0n) is 12.9. The molecule has 0 atom stereocenters. The van der Waals surface area contributed by atoms with E-state index in [4.69, 9.17) is 5.84 Å². The van der Waals surface area contributed by atoms with Crippen LogP contribution < -0.4 is 11.3 Å². The SMILES string of the molecule is CCCN(CCN(C)C)C(=O)c1ccc(C)cc1NN. The van der Waals surface area contributed by atoms with E-state index >= 15 is 0 Å². The average molecular weight is 278 g/mol. The summed E-state index contributed by atoms with van der Waals surface area (Å²) in [5.41, 5.74) is 5.01. The van der Waals surface area contributed by atoms with Gasteiger partial charge in [0.1, 0.15) is 0 Å². The molecule has 0 unspecified atom stereocenters. The molecule has 0 saturated carbocycles. The van der Waals surface area contributed by atoms with Crippen molar-refractivity contribution in [3.63, 3.8) is 0 Å². The van der Waals surface area contributed by atoms with Crippen LogP contribution in [0.1, 0.15) is 29.3 Å². The second-order valence-corrected chi connectivity index (χ2v) is 5.29. The molecule has 0 saturated heterocycles. The molecule has 1 aromatic rings. The van der Waals surface area contributed by atoms with Gasteiger partial charge in [0.05, 0.1) is 11.3 Å². The summed E-state index contributed by atoms with van der Waals surface area (Å²) in [5.74, 6) is 5.55. The fourth-order valence-electron chi connectivity index (χ4n) is 2.04. The minimum atomic E-state index is 0.0293. The van der Waals surface area contributed by atoms with Crippen LogP contribution in [-0.4, -0.2) is 49.4 Å². The third kappa shape index (κ3) is 4.51. The van der Waals surface area contributed by atoms with Crippen LogP contribution in [0.25, 0.3) is 0 Å². The van der Waals surface area contributed by atoms with Crippen molar-refractivity contribution >= 4 is 11.6 Å². The molecule has 5 nitrogen and oxygen atoms in total. The number of amides is 1. The molecule has 20 heavy (non-hydrogen) atoms. The second-order valence-electron chi connectivity index (χ2n) is 5.29. The first-order valence-electron chi connectivity index (χ1n) is 7.00. The summed E-state index contributed by atoms with van der Waals surface area (Å²) in [7, 11) is 4.01. The highest BCUT2D eigenvalue weighted by atomic mass is 16.2. The quantitative estimate of drug-likeness (QED) is 0.588. The third-order valence-corrected chi connectivity index (χ3v) is 3.16. The Morgan fingerprint density at radius 1 is 1.25 bits per heavy atom. The molecule has 0 fully saturated rings. The van der Waals surface area contributed by atoms with Gasteiger partial charge in [-0.25, -0.2) is 0 Å². The number of aryl methyl sites for hydroxylation is 1. The number of benzene rings is 1. The molecule has 0 bridgehead atoms. The van der Waals surface area contributed by atoms with Crippen LogP contribution >= 0.6 is 0 Å². The van der Waals surface area contributed by atoms with Crippen LogP contribution in [0.5, 0.6) is 0 Å². The number of anilines is 1. The average Bonchev–Trinajstić information content (AvgIpc) is 2.42. The molecule has 1 aromatic carbocycles. The van der Waals surface area contributed by atoms with Gasteiger partial charge in [0.15, 0.2) is 0 Å². The third-order valence-electron chi connectivity index (χ3n) is 3.16. The summed E-state index contributed by atoms with van der Waals surface area (Å²) < 4.78 is 0. The number of hydrazine groups is 1. The lowest BCUT2D eigenvalue weighted by Crippen LogP contribution is -2.37. The molecule has 0 aliphatic carbocycles. The summed E-state index contributed by atoms with van der Waals surface area (Å²) in [6, 6.07) is 5.67. The van der Waals surface area contributed by atoms with Crippen molar-refractivity contribution in [2.75, 3.05) is 39.2 Å². The van der Waals surface area contributed by atoms with Crippen molar-refractivity contribution in [1.29, 1.82) is 0 Å². The highest BCUT2D eigenvalue weighted by molar-refractivity contribution is 5.99. The van der Waals surface area contributed by atoms with Crippen molar-refractivity contribution in [3.8, 4) is 0 Å². The molecular weight excluding hydrogens is 252 g/mol. The molecule has 3 N–H and O–H groups in total. The normalized spacial score (nSPS) is 10.7. The number of nitrogen functional groups attached to an aromatic ring is 1. The summed E-state index contributed by atoms with van der Waals surface area (Å²) in [6.45, 7) is 6.38. The summed E-state index contributed by atoms with van der Waals surface area (Å²) >= 11 is 0. The predicted octanol–water partition coefficient (Wildman–Crippen LogP) is 1.69. The molecule has 0 heterocycles. The van der Waals surface area contributed by atoms with E-state index in [9.17, 15) is 4.79 Å². The Morgan fingerprint density at radius 2 is 1.95 bits per heavy atom. The van der Waals surface area contributed by atoms with Gasteiger partial charge < -0.3 is 15.2 Å². The summed E-state index contributed by atoms with van der Waals surface area (Å²) in [6.07, 6.45) is 0.941. The van der Waals surface area contributed by atoms with Crippen LogP contribution in [0.15, 0.2) is 18.2 Å². The summed E-state index contributed by atoms with van der Waals surface area (Å²) in [5, 5.41) is 0. The first-order valence-corrected chi connectivity index (χ1v) is 7.00. The lowest BCUT2D eigenvalue weighted by atomic mass is 10.1. The Bertz CT molecular complexity index is 445. The van der Waals surface area contributed by atoms with Crippen molar-refractivity contribution < 1.29 is 4.79 Å². The number of hydrogen-bond donors (Lipinski definition) is 2. The fraction of sp³-hybridized carbons (Fsp3) is 0.533. The largest absolute Gasteiger partial charge is 0.337 e. The lowest BCUT2D eigenvalue weighted by Gasteiger charge is -2.25.